The van der Waals surface area contributed by atoms with Crippen LogP contribution >= 0.6 is 15.6 Å². The van der Waals surface area contributed by atoms with Crippen molar-refractivity contribution < 1.29 is 80.2 Å². The van der Waals surface area contributed by atoms with E-state index in [9.17, 15) is 43.2 Å². The fourth-order valence-electron chi connectivity index (χ4n) is 10.2. The Kier molecular flexibility index (Phi) is 60.5. The van der Waals surface area contributed by atoms with Crippen molar-refractivity contribution in [3.8, 4) is 0 Å². The molecule has 86 heavy (non-hydrogen) atoms. The van der Waals surface area contributed by atoms with Gasteiger partial charge in [0.15, 0.2) is 12.2 Å². The van der Waals surface area contributed by atoms with E-state index in [0.717, 1.165) is 103 Å². The van der Waals surface area contributed by atoms with E-state index in [2.05, 4.69) is 27.7 Å². The number of hydrogen-bond acceptors (Lipinski definition) is 15. The van der Waals surface area contributed by atoms with Gasteiger partial charge in [-0.05, 0) is 25.7 Å². The van der Waals surface area contributed by atoms with Crippen LogP contribution in [0.25, 0.3) is 0 Å². The third-order valence-corrected chi connectivity index (χ3v) is 17.5. The summed E-state index contributed by atoms with van der Waals surface area (Å²) in [4.78, 5) is 72.3. The van der Waals surface area contributed by atoms with Gasteiger partial charge in [-0.2, -0.15) is 0 Å². The summed E-state index contributed by atoms with van der Waals surface area (Å²) in [5, 5.41) is 10.6. The van der Waals surface area contributed by atoms with Crippen molar-refractivity contribution in [2.45, 2.75) is 367 Å². The molecule has 0 radical (unpaired) electrons. The zero-order valence-electron chi connectivity index (χ0n) is 55.3. The lowest BCUT2D eigenvalue weighted by molar-refractivity contribution is -0.161. The summed E-state index contributed by atoms with van der Waals surface area (Å²) in [5.41, 5.74) is 0. The molecule has 17 nitrogen and oxygen atoms in total. The number of aliphatic hydroxyl groups is 1. The minimum Gasteiger partial charge on any atom is -0.462 e. The lowest BCUT2D eigenvalue weighted by Crippen LogP contribution is -2.30. The highest BCUT2D eigenvalue weighted by atomic mass is 31.2. The average molecular weight is 1270 g/mol. The van der Waals surface area contributed by atoms with E-state index in [0.29, 0.717) is 25.7 Å². The zero-order chi connectivity index (χ0) is 63.3. The molecule has 0 aromatic rings. The highest BCUT2D eigenvalue weighted by Gasteiger charge is 2.30. The Balaban J connectivity index is 5.21. The van der Waals surface area contributed by atoms with Gasteiger partial charge >= 0.3 is 39.5 Å². The molecule has 0 aliphatic heterocycles. The molecule has 0 heterocycles. The van der Waals surface area contributed by atoms with Gasteiger partial charge in [-0.15, -0.1) is 0 Å². The molecule has 19 heteroatoms. The van der Waals surface area contributed by atoms with E-state index < -0.39 is 97.5 Å². The number of ether oxygens (including phenoxy) is 4. The summed E-state index contributed by atoms with van der Waals surface area (Å²) in [7, 11) is -9.89. The van der Waals surface area contributed by atoms with Gasteiger partial charge in [0.05, 0.1) is 26.4 Å². The van der Waals surface area contributed by atoms with E-state index in [-0.39, 0.29) is 25.7 Å². The molecular weight excluding hydrogens is 1140 g/mol. The summed E-state index contributed by atoms with van der Waals surface area (Å²) in [6.07, 6.45) is 48.5. The molecule has 0 aromatic carbocycles. The second kappa shape index (κ2) is 61.9. The molecular formula is C67H130O17P2. The molecule has 0 aliphatic carbocycles. The van der Waals surface area contributed by atoms with Crippen molar-refractivity contribution in [1.82, 2.24) is 0 Å². The maximum Gasteiger partial charge on any atom is 0.472 e. The molecule has 0 aliphatic rings. The smallest absolute Gasteiger partial charge is 0.462 e. The SMILES string of the molecule is CCCCCCCCCCCCCCCCC(=O)O[C@H](COC(=O)CCCCCCCCCCCCCCC)COP(=O)(O)OC[C@@H](O)COP(=O)(O)OC[C@@H](COC(=O)CCCCCCCCC)OC(=O)CCCCCCCCCCCCCC. The molecule has 0 rings (SSSR count). The van der Waals surface area contributed by atoms with Crippen LogP contribution in [0.15, 0.2) is 0 Å². The van der Waals surface area contributed by atoms with E-state index in [1.165, 1.54) is 167 Å². The van der Waals surface area contributed by atoms with Crippen molar-refractivity contribution in [2.75, 3.05) is 39.6 Å². The summed E-state index contributed by atoms with van der Waals surface area (Å²) >= 11 is 0. The van der Waals surface area contributed by atoms with Crippen LogP contribution in [0, 0.1) is 0 Å². The van der Waals surface area contributed by atoms with Crippen molar-refractivity contribution in [3.05, 3.63) is 0 Å². The van der Waals surface area contributed by atoms with Gasteiger partial charge in [-0.1, -0.05) is 297 Å². The fourth-order valence-corrected chi connectivity index (χ4v) is 11.7. The third kappa shape index (κ3) is 60.9. The number of esters is 4. The number of phosphoric ester groups is 2. The summed E-state index contributed by atoms with van der Waals surface area (Å²) in [5.74, 6) is -2.13. The molecule has 0 aromatic heterocycles. The highest BCUT2D eigenvalue weighted by molar-refractivity contribution is 7.47. The number of rotatable bonds is 68. The Bertz CT molecular complexity index is 1650. The zero-order valence-corrected chi connectivity index (χ0v) is 57.1. The predicted octanol–water partition coefficient (Wildman–Crippen LogP) is 19.1. The number of carbonyl (C=O) groups excluding carboxylic acids is 4. The van der Waals surface area contributed by atoms with Gasteiger partial charge in [0.1, 0.15) is 19.3 Å². The van der Waals surface area contributed by atoms with E-state index in [1.807, 2.05) is 0 Å². The van der Waals surface area contributed by atoms with Crippen molar-refractivity contribution in [3.63, 3.8) is 0 Å². The molecule has 0 fully saturated rings. The number of carbonyl (C=O) groups is 4. The lowest BCUT2D eigenvalue weighted by atomic mass is 10.0. The van der Waals surface area contributed by atoms with Gasteiger partial charge in [-0.3, -0.25) is 37.3 Å². The molecule has 3 N–H and O–H groups in total. The monoisotopic (exact) mass is 1270 g/mol. The van der Waals surface area contributed by atoms with Crippen molar-refractivity contribution in [1.29, 1.82) is 0 Å². The number of hydrogen-bond donors (Lipinski definition) is 3. The molecule has 2 unspecified atom stereocenters. The van der Waals surface area contributed by atoms with Gasteiger partial charge in [-0.25, -0.2) is 9.13 Å². The quantitative estimate of drug-likeness (QED) is 0.0222. The standard InChI is InChI=1S/C67H130O17P2/c1-5-9-13-17-21-24-27-30-32-35-38-42-46-50-54-67(72)84-63(58-78-65(70)52-48-44-40-36-34-31-28-25-22-18-14-10-6-2)60-82-86(75,76)80-56-61(68)55-79-85(73,74)81-59-62(57-77-64(69)51-47-43-39-20-16-12-8-4)83-66(71)53-49-45-41-37-33-29-26-23-19-15-11-7-3/h61-63,68H,5-60H2,1-4H3,(H,73,74)(H,75,76)/t61-,62+,63+/m0/s1. The summed E-state index contributed by atoms with van der Waals surface area (Å²) in [6, 6.07) is 0. The van der Waals surface area contributed by atoms with E-state index in [1.54, 1.807) is 0 Å². The lowest BCUT2D eigenvalue weighted by Gasteiger charge is -2.21. The average Bonchev–Trinajstić information content (AvgIpc) is 3.70. The Labute approximate surface area is 524 Å². The topological polar surface area (TPSA) is 237 Å². The first-order valence-electron chi connectivity index (χ1n) is 35.3. The van der Waals surface area contributed by atoms with E-state index >= 15 is 0 Å². The van der Waals surface area contributed by atoms with Crippen LogP contribution in [-0.4, -0.2) is 96.7 Å². The minimum absolute atomic E-state index is 0.107. The van der Waals surface area contributed by atoms with Crippen LogP contribution < -0.4 is 0 Å². The first-order valence-corrected chi connectivity index (χ1v) is 38.3. The fraction of sp³-hybridized carbons (Fsp3) is 0.940. The molecule has 0 saturated carbocycles. The van der Waals surface area contributed by atoms with Crippen LogP contribution in [0.1, 0.15) is 349 Å². The molecule has 0 bridgehead atoms. The van der Waals surface area contributed by atoms with Gasteiger partial charge < -0.3 is 33.8 Å². The Morgan fingerprint density at radius 1 is 0.279 bits per heavy atom. The van der Waals surface area contributed by atoms with Gasteiger partial charge in [0.25, 0.3) is 0 Å². The maximum atomic E-state index is 13.0. The first-order chi connectivity index (χ1) is 41.7. The molecule has 510 valence electrons. The second-order valence-electron chi connectivity index (χ2n) is 24.2. The van der Waals surface area contributed by atoms with Gasteiger partial charge in [0, 0.05) is 25.7 Å². The largest absolute Gasteiger partial charge is 0.472 e. The van der Waals surface area contributed by atoms with Crippen LogP contribution in [0.4, 0.5) is 0 Å². The van der Waals surface area contributed by atoms with Gasteiger partial charge in [0.2, 0.25) is 0 Å². The summed E-state index contributed by atoms with van der Waals surface area (Å²) < 4.78 is 68.1. The molecule has 5 atom stereocenters. The molecule has 0 spiro atoms. The van der Waals surface area contributed by atoms with Crippen LogP contribution in [0.2, 0.25) is 0 Å². The maximum absolute atomic E-state index is 13.0. The van der Waals surface area contributed by atoms with Crippen molar-refractivity contribution in [2.24, 2.45) is 0 Å². The Morgan fingerprint density at radius 2 is 0.465 bits per heavy atom. The van der Waals surface area contributed by atoms with Crippen LogP contribution in [0.3, 0.4) is 0 Å². The van der Waals surface area contributed by atoms with Crippen molar-refractivity contribution >= 4 is 39.5 Å². The highest BCUT2D eigenvalue weighted by Crippen LogP contribution is 2.45. The molecule has 0 saturated heterocycles. The molecule has 0 amide bonds. The van der Waals surface area contributed by atoms with Crippen LogP contribution in [-0.2, 0) is 65.4 Å². The van der Waals surface area contributed by atoms with E-state index in [4.69, 9.17) is 37.0 Å². The summed E-state index contributed by atoms with van der Waals surface area (Å²) in [6.45, 7) is 4.89. The number of phosphoric acid groups is 2. The van der Waals surface area contributed by atoms with Crippen LogP contribution in [0.5, 0.6) is 0 Å². The number of unbranched alkanes of at least 4 members (excludes halogenated alkanes) is 42. The minimum atomic E-state index is -4.95. The third-order valence-electron chi connectivity index (χ3n) is 15.6. The normalized spacial score (nSPS) is 14.1. The predicted molar refractivity (Wildman–Crippen MR) is 345 cm³/mol. The Hall–Kier alpha value is -1.94. The Morgan fingerprint density at radius 3 is 0.686 bits per heavy atom. The number of aliphatic hydroxyl groups excluding tert-OH is 1. The first kappa shape index (κ1) is 84.1. The second-order valence-corrected chi connectivity index (χ2v) is 27.1.